The minimum atomic E-state index is 0.101. The van der Waals surface area contributed by atoms with Crippen molar-refractivity contribution < 1.29 is 14.6 Å². The molecule has 3 rings (SSSR count). The fourth-order valence-corrected chi connectivity index (χ4v) is 2.96. The maximum absolute atomic E-state index is 9.35. The lowest BCUT2D eigenvalue weighted by Gasteiger charge is -2.10. The van der Waals surface area contributed by atoms with Gasteiger partial charge in [0.2, 0.25) is 0 Å². The average Bonchev–Trinajstić information content (AvgIpc) is 2.98. The van der Waals surface area contributed by atoms with Gasteiger partial charge in [0.15, 0.2) is 11.5 Å². The molecule has 0 saturated heterocycles. The van der Waals surface area contributed by atoms with E-state index in [0.717, 1.165) is 46.8 Å². The van der Waals surface area contributed by atoms with Crippen LogP contribution in [0.4, 0.5) is 0 Å². The largest absolute Gasteiger partial charge is 0.493 e. The maximum Gasteiger partial charge on any atom is 0.160 e. The molecule has 1 heterocycles. The molecule has 2 aromatic carbocycles. The number of hydrogen-bond acceptors (Lipinski definition) is 4. The first-order valence-corrected chi connectivity index (χ1v) is 8.02. The number of ether oxygens (including phenoxy) is 2. The third kappa shape index (κ3) is 3.21. The second-order valence-corrected chi connectivity index (χ2v) is 5.58. The molecule has 5 nitrogen and oxygen atoms in total. The van der Waals surface area contributed by atoms with Gasteiger partial charge in [0, 0.05) is 13.0 Å². The summed E-state index contributed by atoms with van der Waals surface area (Å²) < 4.78 is 12.7. The van der Waals surface area contributed by atoms with Crippen LogP contribution in [-0.2, 0) is 19.4 Å². The predicted octanol–water partition coefficient (Wildman–Crippen LogP) is 2.83. The van der Waals surface area contributed by atoms with Gasteiger partial charge >= 0.3 is 0 Å². The van der Waals surface area contributed by atoms with Crippen LogP contribution in [0.1, 0.15) is 11.4 Å². The molecular weight excluding hydrogens is 304 g/mol. The third-order valence-electron chi connectivity index (χ3n) is 4.14. The normalized spacial score (nSPS) is 11.0. The Morgan fingerprint density at radius 3 is 2.54 bits per heavy atom. The molecule has 5 heteroatoms. The highest BCUT2D eigenvalue weighted by atomic mass is 16.5. The van der Waals surface area contributed by atoms with E-state index in [1.54, 1.807) is 14.2 Å². The van der Waals surface area contributed by atoms with Crippen molar-refractivity contribution in [3.8, 4) is 11.5 Å². The minimum absolute atomic E-state index is 0.101. The van der Waals surface area contributed by atoms with E-state index in [4.69, 9.17) is 14.5 Å². The Hall–Kier alpha value is -2.53. The molecule has 0 atom stereocenters. The van der Waals surface area contributed by atoms with Crippen molar-refractivity contribution in [2.45, 2.75) is 19.4 Å². The molecule has 0 aliphatic heterocycles. The molecule has 0 radical (unpaired) electrons. The predicted molar refractivity (Wildman–Crippen MR) is 93.8 cm³/mol. The summed E-state index contributed by atoms with van der Waals surface area (Å²) in [5, 5.41) is 9.35. The Morgan fingerprint density at radius 2 is 1.79 bits per heavy atom. The van der Waals surface area contributed by atoms with Crippen LogP contribution in [0.25, 0.3) is 11.0 Å². The van der Waals surface area contributed by atoms with Crippen molar-refractivity contribution in [2.24, 2.45) is 0 Å². The van der Waals surface area contributed by atoms with Crippen LogP contribution < -0.4 is 9.47 Å². The lowest BCUT2D eigenvalue weighted by molar-refractivity contribution is 0.276. The van der Waals surface area contributed by atoms with E-state index in [1.165, 1.54) is 0 Å². The molecule has 0 amide bonds. The lowest BCUT2D eigenvalue weighted by Crippen LogP contribution is -2.08. The number of nitrogens with zero attached hydrogens (tertiary/aromatic N) is 2. The van der Waals surface area contributed by atoms with Gasteiger partial charge in [-0.1, -0.05) is 18.2 Å². The Morgan fingerprint density at radius 1 is 1.00 bits per heavy atom. The van der Waals surface area contributed by atoms with Gasteiger partial charge in [0.05, 0.1) is 31.9 Å². The maximum atomic E-state index is 9.35. The summed E-state index contributed by atoms with van der Waals surface area (Å²) in [5.41, 5.74) is 3.19. The second-order valence-electron chi connectivity index (χ2n) is 5.58. The highest BCUT2D eigenvalue weighted by Crippen LogP contribution is 2.28. The van der Waals surface area contributed by atoms with Gasteiger partial charge in [-0.25, -0.2) is 4.98 Å². The van der Waals surface area contributed by atoms with Crippen molar-refractivity contribution >= 4 is 11.0 Å². The number of para-hydroxylation sites is 2. The Kier molecular flexibility index (Phi) is 5.01. The van der Waals surface area contributed by atoms with Crippen LogP contribution >= 0.6 is 0 Å². The molecule has 0 bridgehead atoms. The summed E-state index contributed by atoms with van der Waals surface area (Å²) in [5.74, 6) is 2.45. The Labute approximate surface area is 141 Å². The number of rotatable bonds is 7. The first-order chi connectivity index (χ1) is 11.8. The van der Waals surface area contributed by atoms with Crippen LogP contribution in [0.3, 0.4) is 0 Å². The molecule has 3 aromatic rings. The highest BCUT2D eigenvalue weighted by molar-refractivity contribution is 5.75. The van der Waals surface area contributed by atoms with Crippen LogP contribution in [-0.4, -0.2) is 35.5 Å². The SMILES string of the molecule is COc1ccc(CCc2nc3ccccc3n2CCO)cc1OC. The van der Waals surface area contributed by atoms with Crippen molar-refractivity contribution in [3.63, 3.8) is 0 Å². The van der Waals surface area contributed by atoms with Crippen molar-refractivity contribution in [2.75, 3.05) is 20.8 Å². The van der Waals surface area contributed by atoms with Crippen LogP contribution in [0, 0.1) is 0 Å². The molecule has 0 aliphatic rings. The standard InChI is InChI=1S/C19H22N2O3/c1-23-17-9-7-14(13-18(17)24-2)8-10-19-20-15-5-3-4-6-16(15)21(19)11-12-22/h3-7,9,13,22H,8,10-12H2,1-2H3. The lowest BCUT2D eigenvalue weighted by atomic mass is 10.1. The molecule has 24 heavy (non-hydrogen) atoms. The molecule has 0 fully saturated rings. The molecule has 1 N–H and O–H groups in total. The smallest absolute Gasteiger partial charge is 0.160 e. The van der Waals surface area contributed by atoms with Gasteiger partial charge < -0.3 is 19.1 Å². The number of aryl methyl sites for hydroxylation is 2. The summed E-state index contributed by atoms with van der Waals surface area (Å²) in [7, 11) is 3.27. The highest BCUT2D eigenvalue weighted by Gasteiger charge is 2.11. The number of benzene rings is 2. The van der Waals surface area contributed by atoms with Gasteiger partial charge in [-0.3, -0.25) is 0 Å². The fourth-order valence-electron chi connectivity index (χ4n) is 2.96. The molecule has 126 valence electrons. The first-order valence-electron chi connectivity index (χ1n) is 8.02. The number of aliphatic hydroxyl groups is 1. The third-order valence-corrected chi connectivity index (χ3v) is 4.14. The number of aromatic nitrogens is 2. The quantitative estimate of drug-likeness (QED) is 0.725. The Balaban J connectivity index is 1.84. The zero-order valence-corrected chi connectivity index (χ0v) is 14.0. The van der Waals surface area contributed by atoms with Crippen molar-refractivity contribution in [3.05, 3.63) is 53.9 Å². The van der Waals surface area contributed by atoms with E-state index >= 15 is 0 Å². The van der Waals surface area contributed by atoms with E-state index in [0.29, 0.717) is 6.54 Å². The van der Waals surface area contributed by atoms with Gasteiger partial charge in [-0.2, -0.15) is 0 Å². The van der Waals surface area contributed by atoms with Gasteiger partial charge in [-0.15, -0.1) is 0 Å². The summed E-state index contributed by atoms with van der Waals surface area (Å²) in [6.07, 6.45) is 1.64. The van der Waals surface area contributed by atoms with Crippen LogP contribution in [0.5, 0.6) is 11.5 Å². The molecular formula is C19H22N2O3. The number of imidazole rings is 1. The van der Waals surface area contributed by atoms with E-state index in [-0.39, 0.29) is 6.61 Å². The van der Waals surface area contributed by atoms with E-state index < -0.39 is 0 Å². The fraction of sp³-hybridized carbons (Fsp3) is 0.316. The summed E-state index contributed by atoms with van der Waals surface area (Å²) in [4.78, 5) is 4.72. The van der Waals surface area contributed by atoms with E-state index in [1.807, 2.05) is 42.5 Å². The second kappa shape index (κ2) is 7.36. The monoisotopic (exact) mass is 326 g/mol. The summed E-state index contributed by atoms with van der Waals surface area (Å²) >= 11 is 0. The van der Waals surface area contributed by atoms with Crippen LogP contribution in [0.2, 0.25) is 0 Å². The van der Waals surface area contributed by atoms with Gasteiger partial charge in [-0.05, 0) is 36.2 Å². The van der Waals surface area contributed by atoms with Gasteiger partial charge in [0.25, 0.3) is 0 Å². The van der Waals surface area contributed by atoms with E-state index in [9.17, 15) is 5.11 Å². The van der Waals surface area contributed by atoms with Crippen LogP contribution in [0.15, 0.2) is 42.5 Å². The molecule has 1 aromatic heterocycles. The van der Waals surface area contributed by atoms with Gasteiger partial charge in [0.1, 0.15) is 5.82 Å². The Bertz CT molecular complexity index is 827. The first kappa shape index (κ1) is 16.3. The minimum Gasteiger partial charge on any atom is -0.493 e. The van der Waals surface area contributed by atoms with E-state index in [2.05, 4.69) is 4.57 Å². The van der Waals surface area contributed by atoms with Crippen molar-refractivity contribution in [1.82, 2.24) is 9.55 Å². The number of methoxy groups -OCH3 is 2. The zero-order valence-electron chi connectivity index (χ0n) is 14.0. The zero-order chi connectivity index (χ0) is 16.9. The van der Waals surface area contributed by atoms with Crippen molar-refractivity contribution in [1.29, 1.82) is 0 Å². The molecule has 0 unspecified atom stereocenters. The number of hydrogen-bond donors (Lipinski definition) is 1. The molecule has 0 saturated carbocycles. The number of fused-ring (bicyclic) bond motifs is 1. The molecule has 0 spiro atoms. The topological polar surface area (TPSA) is 56.5 Å². The summed E-state index contributed by atoms with van der Waals surface area (Å²) in [6.45, 7) is 0.658. The summed E-state index contributed by atoms with van der Waals surface area (Å²) in [6, 6.07) is 14.0. The molecule has 0 aliphatic carbocycles. The number of aliphatic hydroxyl groups excluding tert-OH is 1. The average molecular weight is 326 g/mol.